The average Bonchev–Trinajstić information content (AvgIpc) is 2.24. The van der Waals surface area contributed by atoms with Gasteiger partial charge in [-0.15, -0.1) is 0 Å². The number of rotatable bonds is 4. The van der Waals surface area contributed by atoms with Gasteiger partial charge in [0, 0.05) is 4.47 Å². The molecular formula is C12H15BrF3NO. The Morgan fingerprint density at radius 2 is 1.94 bits per heavy atom. The number of hydrogen-bond acceptors (Lipinski definition) is 2. The third-order valence-electron chi connectivity index (χ3n) is 2.33. The molecule has 2 nitrogen and oxygen atoms in total. The summed E-state index contributed by atoms with van der Waals surface area (Å²) in [4.78, 5) is 0. The van der Waals surface area contributed by atoms with Crippen LogP contribution in [0.25, 0.3) is 0 Å². The summed E-state index contributed by atoms with van der Waals surface area (Å²) in [6, 6.07) is 3.16. The molecule has 18 heavy (non-hydrogen) atoms. The van der Waals surface area contributed by atoms with Crippen LogP contribution in [0.3, 0.4) is 0 Å². The Labute approximate surface area is 112 Å². The predicted octanol–water partition coefficient (Wildman–Crippen LogP) is 3.89. The summed E-state index contributed by atoms with van der Waals surface area (Å²) < 4.78 is 44.2. The first-order chi connectivity index (χ1) is 8.21. The number of alkyl halides is 3. The second-order valence-corrected chi connectivity index (χ2v) is 5.13. The molecule has 1 atom stereocenters. The van der Waals surface area contributed by atoms with E-state index < -0.39 is 17.8 Å². The zero-order valence-corrected chi connectivity index (χ0v) is 11.7. The van der Waals surface area contributed by atoms with Gasteiger partial charge in [-0.2, -0.15) is 13.2 Å². The fraction of sp³-hybridized carbons (Fsp3) is 0.500. The maximum atomic E-state index is 12.9. The maximum absolute atomic E-state index is 12.9. The van der Waals surface area contributed by atoms with E-state index in [9.17, 15) is 13.2 Å². The highest BCUT2D eigenvalue weighted by molar-refractivity contribution is 9.10. The van der Waals surface area contributed by atoms with Crippen LogP contribution in [0.1, 0.15) is 31.0 Å². The van der Waals surface area contributed by atoms with E-state index in [-0.39, 0.29) is 18.3 Å². The molecule has 0 aliphatic carbocycles. The van der Waals surface area contributed by atoms with Gasteiger partial charge in [0.25, 0.3) is 0 Å². The van der Waals surface area contributed by atoms with Crippen LogP contribution in [-0.4, -0.2) is 12.7 Å². The minimum Gasteiger partial charge on any atom is -0.377 e. The van der Waals surface area contributed by atoms with Crippen molar-refractivity contribution in [2.75, 3.05) is 6.61 Å². The number of ether oxygens (including phenoxy) is 1. The molecule has 0 radical (unpaired) electrons. The number of hydrogen-bond donors (Lipinski definition) is 1. The molecule has 0 saturated carbocycles. The van der Waals surface area contributed by atoms with Crippen LogP contribution in [-0.2, 0) is 10.9 Å². The molecule has 1 aromatic rings. The largest absolute Gasteiger partial charge is 0.416 e. The molecule has 102 valence electrons. The topological polar surface area (TPSA) is 35.2 Å². The van der Waals surface area contributed by atoms with Crippen molar-refractivity contribution < 1.29 is 17.9 Å². The summed E-state index contributed by atoms with van der Waals surface area (Å²) in [5, 5.41) is 0. The SMILES string of the molecule is CC(C)OCC(N)c1ccc(Br)cc1C(F)(F)F. The summed E-state index contributed by atoms with van der Waals surface area (Å²) in [5.74, 6) is 0. The zero-order chi connectivity index (χ0) is 13.9. The second kappa shape index (κ2) is 6.04. The minimum atomic E-state index is -4.42. The van der Waals surface area contributed by atoms with Crippen LogP contribution in [0.4, 0.5) is 13.2 Å². The van der Waals surface area contributed by atoms with Gasteiger partial charge in [-0.05, 0) is 31.5 Å². The molecule has 6 heteroatoms. The monoisotopic (exact) mass is 325 g/mol. The Kier molecular flexibility index (Phi) is 5.19. The van der Waals surface area contributed by atoms with Crippen LogP contribution in [0.2, 0.25) is 0 Å². The van der Waals surface area contributed by atoms with Gasteiger partial charge in [-0.3, -0.25) is 0 Å². The maximum Gasteiger partial charge on any atom is 0.416 e. The third-order valence-corrected chi connectivity index (χ3v) is 2.82. The Morgan fingerprint density at radius 1 is 1.33 bits per heavy atom. The van der Waals surface area contributed by atoms with Gasteiger partial charge in [-0.25, -0.2) is 0 Å². The molecule has 0 aliphatic heterocycles. The van der Waals surface area contributed by atoms with E-state index in [2.05, 4.69) is 15.9 Å². The Hall–Kier alpha value is -0.590. The standard InChI is InChI=1S/C12H15BrF3NO/c1-7(2)18-6-11(17)9-4-3-8(13)5-10(9)12(14,15)16/h3-5,7,11H,6,17H2,1-2H3. The quantitative estimate of drug-likeness (QED) is 0.911. The molecular weight excluding hydrogens is 311 g/mol. The third kappa shape index (κ3) is 4.26. The lowest BCUT2D eigenvalue weighted by Gasteiger charge is -2.19. The van der Waals surface area contributed by atoms with Gasteiger partial charge in [0.1, 0.15) is 0 Å². The van der Waals surface area contributed by atoms with Crippen molar-refractivity contribution in [3.63, 3.8) is 0 Å². The van der Waals surface area contributed by atoms with Crippen LogP contribution in [0.15, 0.2) is 22.7 Å². The van der Waals surface area contributed by atoms with Gasteiger partial charge >= 0.3 is 6.18 Å². The van der Waals surface area contributed by atoms with Crippen molar-refractivity contribution in [1.29, 1.82) is 0 Å². The number of nitrogens with two attached hydrogens (primary N) is 1. The Balaban J connectivity index is 3.00. The molecule has 0 bridgehead atoms. The molecule has 0 aliphatic rings. The molecule has 2 N–H and O–H groups in total. The van der Waals surface area contributed by atoms with Gasteiger partial charge in [0.15, 0.2) is 0 Å². The van der Waals surface area contributed by atoms with Crippen molar-refractivity contribution in [3.8, 4) is 0 Å². The average molecular weight is 326 g/mol. The van der Waals surface area contributed by atoms with Crippen molar-refractivity contribution in [2.45, 2.75) is 32.2 Å². The fourth-order valence-electron chi connectivity index (χ4n) is 1.48. The van der Waals surface area contributed by atoms with E-state index in [4.69, 9.17) is 10.5 Å². The van der Waals surface area contributed by atoms with E-state index in [0.717, 1.165) is 6.07 Å². The first kappa shape index (κ1) is 15.5. The molecule has 0 saturated heterocycles. The minimum absolute atomic E-state index is 0.0475. The molecule has 0 fully saturated rings. The lowest BCUT2D eigenvalue weighted by molar-refractivity contribution is -0.138. The van der Waals surface area contributed by atoms with Gasteiger partial charge in [-0.1, -0.05) is 22.0 Å². The lowest BCUT2D eigenvalue weighted by Crippen LogP contribution is -2.23. The van der Waals surface area contributed by atoms with Crippen LogP contribution < -0.4 is 5.73 Å². The second-order valence-electron chi connectivity index (χ2n) is 4.22. The highest BCUT2D eigenvalue weighted by atomic mass is 79.9. The molecule has 0 heterocycles. The van der Waals surface area contributed by atoms with Gasteiger partial charge < -0.3 is 10.5 Å². The first-order valence-electron chi connectivity index (χ1n) is 5.45. The van der Waals surface area contributed by atoms with Gasteiger partial charge in [0.05, 0.1) is 24.3 Å². The highest BCUT2D eigenvalue weighted by Crippen LogP contribution is 2.35. The van der Waals surface area contributed by atoms with Crippen molar-refractivity contribution in [3.05, 3.63) is 33.8 Å². The number of benzene rings is 1. The van der Waals surface area contributed by atoms with Crippen LogP contribution >= 0.6 is 15.9 Å². The van der Waals surface area contributed by atoms with Crippen molar-refractivity contribution in [1.82, 2.24) is 0 Å². The summed E-state index contributed by atoms with van der Waals surface area (Å²) in [5.41, 5.74) is 5.07. The summed E-state index contributed by atoms with van der Waals surface area (Å²) in [6.45, 7) is 3.67. The molecule has 1 unspecified atom stereocenters. The molecule has 0 aromatic heterocycles. The summed E-state index contributed by atoms with van der Waals surface area (Å²) in [6.07, 6.45) is -4.49. The fourth-order valence-corrected chi connectivity index (χ4v) is 1.84. The molecule has 1 rings (SSSR count). The molecule has 1 aromatic carbocycles. The highest BCUT2D eigenvalue weighted by Gasteiger charge is 2.34. The van der Waals surface area contributed by atoms with Crippen molar-refractivity contribution in [2.24, 2.45) is 5.73 Å². The van der Waals surface area contributed by atoms with E-state index in [1.54, 1.807) is 19.9 Å². The van der Waals surface area contributed by atoms with Crippen molar-refractivity contribution >= 4 is 15.9 Å². The smallest absolute Gasteiger partial charge is 0.377 e. The lowest BCUT2D eigenvalue weighted by atomic mass is 10.0. The van der Waals surface area contributed by atoms with Crippen LogP contribution in [0.5, 0.6) is 0 Å². The summed E-state index contributed by atoms with van der Waals surface area (Å²) in [7, 11) is 0. The van der Waals surface area contributed by atoms with E-state index >= 15 is 0 Å². The summed E-state index contributed by atoms with van der Waals surface area (Å²) >= 11 is 3.03. The predicted molar refractivity (Wildman–Crippen MR) is 67.2 cm³/mol. The Bertz CT molecular complexity index is 407. The van der Waals surface area contributed by atoms with E-state index in [1.807, 2.05) is 0 Å². The van der Waals surface area contributed by atoms with Gasteiger partial charge in [0.2, 0.25) is 0 Å². The van der Waals surface area contributed by atoms with Crippen LogP contribution in [0, 0.1) is 0 Å². The Morgan fingerprint density at radius 3 is 2.44 bits per heavy atom. The van der Waals surface area contributed by atoms with E-state index in [0.29, 0.717) is 4.47 Å². The normalized spacial score (nSPS) is 14.0. The molecule has 0 amide bonds. The zero-order valence-electron chi connectivity index (χ0n) is 10.1. The van der Waals surface area contributed by atoms with E-state index in [1.165, 1.54) is 6.07 Å². The molecule has 0 spiro atoms. The number of halogens is 4. The first-order valence-corrected chi connectivity index (χ1v) is 6.25.